The van der Waals surface area contributed by atoms with E-state index >= 15 is 0 Å². The van der Waals surface area contributed by atoms with Crippen LogP contribution in [0.25, 0.3) is 11.6 Å². The largest absolute Gasteiger partial charge is 0.508 e. The highest BCUT2D eigenvalue weighted by Crippen LogP contribution is 2.36. The molecule has 2 aromatic rings. The van der Waals surface area contributed by atoms with E-state index < -0.39 is 0 Å². The van der Waals surface area contributed by atoms with Gasteiger partial charge in [0.25, 0.3) is 0 Å². The lowest BCUT2D eigenvalue weighted by atomic mass is 9.99. The minimum Gasteiger partial charge on any atom is -0.508 e. The van der Waals surface area contributed by atoms with Crippen LogP contribution in [-0.2, 0) is 11.3 Å². The SMILES string of the molecule is Oc1ccc(C2=Cc3cc(CN4CCOCC4)c(O)cc3OC2)cc1. The molecule has 2 aromatic carbocycles. The molecule has 1 saturated heterocycles. The smallest absolute Gasteiger partial charge is 0.130 e. The first-order valence-corrected chi connectivity index (χ1v) is 8.48. The Labute approximate surface area is 146 Å². The second kappa shape index (κ2) is 6.78. The van der Waals surface area contributed by atoms with Crippen molar-refractivity contribution < 1.29 is 19.7 Å². The molecule has 0 aliphatic carbocycles. The van der Waals surface area contributed by atoms with E-state index in [1.54, 1.807) is 18.2 Å². The third-order valence-corrected chi connectivity index (χ3v) is 4.66. The minimum absolute atomic E-state index is 0.249. The van der Waals surface area contributed by atoms with E-state index in [9.17, 15) is 10.2 Å². The highest BCUT2D eigenvalue weighted by atomic mass is 16.5. The van der Waals surface area contributed by atoms with Crippen molar-refractivity contribution in [2.75, 3.05) is 32.9 Å². The normalized spacial score (nSPS) is 17.5. The number of rotatable bonds is 3. The van der Waals surface area contributed by atoms with Crippen molar-refractivity contribution >= 4 is 11.6 Å². The van der Waals surface area contributed by atoms with E-state index in [0.717, 1.165) is 48.6 Å². The molecule has 0 atom stereocenters. The highest BCUT2D eigenvalue weighted by Gasteiger charge is 2.18. The van der Waals surface area contributed by atoms with Crippen molar-refractivity contribution in [2.45, 2.75) is 6.54 Å². The van der Waals surface area contributed by atoms with Crippen molar-refractivity contribution in [3.8, 4) is 17.2 Å². The Hall–Kier alpha value is -2.50. The summed E-state index contributed by atoms with van der Waals surface area (Å²) in [5, 5.41) is 19.8. The van der Waals surface area contributed by atoms with E-state index in [2.05, 4.69) is 11.0 Å². The molecular formula is C20H21NO4. The molecule has 4 rings (SSSR count). The minimum atomic E-state index is 0.249. The molecule has 5 heteroatoms. The molecule has 1 fully saturated rings. The average molecular weight is 339 g/mol. The Kier molecular flexibility index (Phi) is 4.34. The molecule has 2 aliphatic rings. The molecule has 0 bridgehead atoms. The van der Waals surface area contributed by atoms with Crippen LogP contribution in [0.2, 0.25) is 0 Å². The fourth-order valence-electron chi connectivity index (χ4n) is 3.22. The zero-order chi connectivity index (χ0) is 17.2. The van der Waals surface area contributed by atoms with Crippen molar-refractivity contribution in [2.24, 2.45) is 0 Å². The third-order valence-electron chi connectivity index (χ3n) is 4.66. The Balaban J connectivity index is 1.62. The molecular weight excluding hydrogens is 318 g/mol. The summed E-state index contributed by atoms with van der Waals surface area (Å²) in [6.07, 6.45) is 2.09. The molecule has 130 valence electrons. The second-order valence-electron chi connectivity index (χ2n) is 6.41. The predicted octanol–water partition coefficient (Wildman–Crippen LogP) is 2.86. The van der Waals surface area contributed by atoms with Crippen LogP contribution >= 0.6 is 0 Å². The van der Waals surface area contributed by atoms with E-state index in [4.69, 9.17) is 9.47 Å². The van der Waals surface area contributed by atoms with Gasteiger partial charge >= 0.3 is 0 Å². The molecule has 2 N–H and O–H groups in total. The fourth-order valence-corrected chi connectivity index (χ4v) is 3.22. The van der Waals surface area contributed by atoms with Gasteiger partial charge in [-0.2, -0.15) is 0 Å². The maximum absolute atomic E-state index is 10.3. The van der Waals surface area contributed by atoms with Gasteiger partial charge in [-0.3, -0.25) is 4.90 Å². The summed E-state index contributed by atoms with van der Waals surface area (Å²) in [7, 11) is 0. The van der Waals surface area contributed by atoms with Crippen LogP contribution < -0.4 is 4.74 Å². The topological polar surface area (TPSA) is 62.2 Å². The van der Waals surface area contributed by atoms with Crippen molar-refractivity contribution in [3.05, 3.63) is 53.1 Å². The van der Waals surface area contributed by atoms with Crippen LogP contribution in [-0.4, -0.2) is 48.0 Å². The monoisotopic (exact) mass is 339 g/mol. The Morgan fingerprint density at radius 3 is 2.52 bits per heavy atom. The predicted molar refractivity (Wildman–Crippen MR) is 95.7 cm³/mol. The highest BCUT2D eigenvalue weighted by molar-refractivity contribution is 5.86. The first kappa shape index (κ1) is 16.0. The van der Waals surface area contributed by atoms with Crippen LogP contribution in [0, 0.1) is 0 Å². The van der Waals surface area contributed by atoms with Crippen LogP contribution in [0.3, 0.4) is 0 Å². The summed E-state index contributed by atoms with van der Waals surface area (Å²) in [6, 6.07) is 10.8. The quantitative estimate of drug-likeness (QED) is 0.900. The third kappa shape index (κ3) is 3.48. The standard InChI is InChI=1S/C20H21NO4/c22-18-3-1-14(2-4-18)17-10-15-9-16(12-21-5-7-24-8-6-21)19(23)11-20(15)25-13-17/h1-4,9-11,22-23H,5-8,12-13H2. The summed E-state index contributed by atoms with van der Waals surface area (Å²) in [4.78, 5) is 2.28. The molecule has 2 heterocycles. The number of fused-ring (bicyclic) bond motifs is 1. The number of morpholine rings is 1. The van der Waals surface area contributed by atoms with Crippen LogP contribution in [0.5, 0.6) is 17.2 Å². The van der Waals surface area contributed by atoms with Gasteiger partial charge in [0.05, 0.1) is 13.2 Å². The van der Waals surface area contributed by atoms with Gasteiger partial charge in [0.1, 0.15) is 23.9 Å². The number of nitrogens with zero attached hydrogens (tertiary/aromatic N) is 1. The Bertz CT molecular complexity index is 792. The van der Waals surface area contributed by atoms with Gasteiger partial charge in [0.15, 0.2) is 0 Å². The number of phenolic OH excluding ortho intramolecular Hbond substituents is 2. The van der Waals surface area contributed by atoms with Crippen molar-refractivity contribution in [1.29, 1.82) is 0 Å². The van der Waals surface area contributed by atoms with Gasteiger partial charge < -0.3 is 19.7 Å². The van der Waals surface area contributed by atoms with E-state index in [0.29, 0.717) is 18.9 Å². The van der Waals surface area contributed by atoms with Crippen molar-refractivity contribution in [1.82, 2.24) is 4.90 Å². The molecule has 0 amide bonds. The summed E-state index contributed by atoms with van der Waals surface area (Å²) in [5.41, 5.74) is 3.93. The van der Waals surface area contributed by atoms with Gasteiger partial charge in [-0.15, -0.1) is 0 Å². The maximum Gasteiger partial charge on any atom is 0.130 e. The lowest BCUT2D eigenvalue weighted by Crippen LogP contribution is -2.35. The molecule has 0 spiro atoms. The van der Waals surface area contributed by atoms with Crippen LogP contribution in [0.1, 0.15) is 16.7 Å². The lowest BCUT2D eigenvalue weighted by molar-refractivity contribution is 0.0339. The molecule has 0 unspecified atom stereocenters. The lowest BCUT2D eigenvalue weighted by Gasteiger charge is -2.27. The number of ether oxygens (including phenoxy) is 2. The number of benzene rings is 2. The van der Waals surface area contributed by atoms with Gasteiger partial charge in [0.2, 0.25) is 0 Å². The summed E-state index contributed by atoms with van der Waals surface area (Å²) in [6.45, 7) is 4.37. The number of phenols is 2. The number of aromatic hydroxyl groups is 2. The average Bonchev–Trinajstić information content (AvgIpc) is 2.64. The van der Waals surface area contributed by atoms with Gasteiger partial charge in [-0.25, -0.2) is 0 Å². The Morgan fingerprint density at radius 2 is 1.76 bits per heavy atom. The van der Waals surface area contributed by atoms with Gasteiger partial charge in [-0.1, -0.05) is 12.1 Å². The molecule has 5 nitrogen and oxygen atoms in total. The van der Waals surface area contributed by atoms with Crippen LogP contribution in [0.4, 0.5) is 0 Å². The first-order chi connectivity index (χ1) is 12.2. The van der Waals surface area contributed by atoms with Crippen molar-refractivity contribution in [3.63, 3.8) is 0 Å². The number of hydrogen-bond donors (Lipinski definition) is 2. The molecule has 25 heavy (non-hydrogen) atoms. The number of hydrogen-bond acceptors (Lipinski definition) is 5. The first-order valence-electron chi connectivity index (χ1n) is 8.48. The van der Waals surface area contributed by atoms with Crippen LogP contribution in [0.15, 0.2) is 36.4 Å². The molecule has 0 saturated carbocycles. The van der Waals surface area contributed by atoms with Gasteiger partial charge in [-0.05, 0) is 35.4 Å². The van der Waals surface area contributed by atoms with E-state index in [1.807, 2.05) is 18.2 Å². The zero-order valence-electron chi connectivity index (χ0n) is 13.9. The second-order valence-corrected chi connectivity index (χ2v) is 6.41. The Morgan fingerprint density at radius 1 is 1.00 bits per heavy atom. The molecule has 2 aliphatic heterocycles. The maximum atomic E-state index is 10.3. The molecule has 0 aromatic heterocycles. The summed E-state index contributed by atoms with van der Waals surface area (Å²) in [5.74, 6) is 1.22. The van der Waals surface area contributed by atoms with Gasteiger partial charge in [0, 0.05) is 36.8 Å². The summed E-state index contributed by atoms with van der Waals surface area (Å²) >= 11 is 0. The zero-order valence-corrected chi connectivity index (χ0v) is 13.9. The molecule has 0 radical (unpaired) electrons. The van der Waals surface area contributed by atoms with E-state index in [1.165, 1.54) is 0 Å². The fraction of sp³-hybridized carbons (Fsp3) is 0.300. The summed E-state index contributed by atoms with van der Waals surface area (Å²) < 4.78 is 11.2. The van der Waals surface area contributed by atoms with E-state index in [-0.39, 0.29) is 11.5 Å².